The van der Waals surface area contributed by atoms with Crippen molar-refractivity contribution in [1.29, 1.82) is 0 Å². The highest BCUT2D eigenvalue weighted by atomic mass is 15.3. The van der Waals surface area contributed by atoms with Crippen LogP contribution in [0.3, 0.4) is 0 Å². The maximum Gasteiger partial charge on any atom is 0.233 e. The molecule has 20 heavy (non-hydrogen) atoms. The molecule has 0 fully saturated rings. The van der Waals surface area contributed by atoms with Crippen LogP contribution in [0.1, 0.15) is 13.8 Å². The van der Waals surface area contributed by atoms with Gasteiger partial charge in [-0.3, -0.25) is 0 Å². The van der Waals surface area contributed by atoms with E-state index in [4.69, 9.17) is 0 Å². The molecule has 4 heteroatoms. The van der Waals surface area contributed by atoms with E-state index < -0.39 is 0 Å². The van der Waals surface area contributed by atoms with E-state index in [-0.39, 0.29) is 6.04 Å². The lowest BCUT2D eigenvalue weighted by atomic mass is 10.1. The normalized spacial score (nSPS) is 10.9. The Balaban J connectivity index is 2.10. The largest absolute Gasteiger partial charge is 0.308 e. The summed E-state index contributed by atoms with van der Waals surface area (Å²) in [6, 6.07) is 15.0. The van der Waals surface area contributed by atoms with Gasteiger partial charge in [-0.1, -0.05) is 30.3 Å². The van der Waals surface area contributed by atoms with Crippen LogP contribution >= 0.6 is 0 Å². The predicted molar refractivity (Wildman–Crippen MR) is 81.1 cm³/mol. The van der Waals surface area contributed by atoms with E-state index in [1.807, 2.05) is 6.07 Å². The number of hydrogen-bond donors (Lipinski definition) is 0. The first kappa shape index (κ1) is 12.5. The van der Waals surface area contributed by atoms with Crippen molar-refractivity contribution >= 4 is 22.4 Å². The van der Waals surface area contributed by atoms with E-state index in [0.29, 0.717) is 5.95 Å². The second-order valence-corrected chi connectivity index (χ2v) is 4.93. The summed E-state index contributed by atoms with van der Waals surface area (Å²) in [5, 5.41) is 2.44. The van der Waals surface area contributed by atoms with Gasteiger partial charge in [-0.05, 0) is 36.8 Å². The molecular formula is C16H16N4. The van der Waals surface area contributed by atoms with Crippen molar-refractivity contribution in [3.05, 3.63) is 55.1 Å². The zero-order chi connectivity index (χ0) is 13.9. The van der Waals surface area contributed by atoms with Crippen LogP contribution in [0.15, 0.2) is 55.1 Å². The Morgan fingerprint density at radius 2 is 1.60 bits per heavy atom. The molecule has 0 saturated carbocycles. The maximum atomic E-state index is 4.26. The SMILES string of the molecule is CC(C)N(c1ccc2ccccc2c1)c1ncncn1. The van der Waals surface area contributed by atoms with Gasteiger partial charge in [0.2, 0.25) is 5.95 Å². The highest BCUT2D eigenvalue weighted by Crippen LogP contribution is 2.27. The minimum Gasteiger partial charge on any atom is -0.308 e. The van der Waals surface area contributed by atoms with Gasteiger partial charge < -0.3 is 4.90 Å². The van der Waals surface area contributed by atoms with E-state index in [0.717, 1.165) is 5.69 Å². The Morgan fingerprint density at radius 1 is 0.900 bits per heavy atom. The van der Waals surface area contributed by atoms with E-state index in [1.165, 1.54) is 23.4 Å². The summed E-state index contributed by atoms with van der Waals surface area (Å²) in [6.07, 6.45) is 3.05. The third-order valence-electron chi connectivity index (χ3n) is 3.22. The molecule has 1 aromatic heterocycles. The first-order valence-corrected chi connectivity index (χ1v) is 6.66. The van der Waals surface area contributed by atoms with Gasteiger partial charge in [-0.2, -0.15) is 0 Å². The minimum absolute atomic E-state index is 0.263. The van der Waals surface area contributed by atoms with Gasteiger partial charge in [0.15, 0.2) is 0 Å². The second kappa shape index (κ2) is 5.25. The van der Waals surface area contributed by atoms with Crippen LogP contribution in [0, 0.1) is 0 Å². The zero-order valence-corrected chi connectivity index (χ0v) is 11.6. The van der Waals surface area contributed by atoms with Gasteiger partial charge in [0.1, 0.15) is 12.7 Å². The highest BCUT2D eigenvalue weighted by molar-refractivity contribution is 5.86. The molecule has 0 bridgehead atoms. The van der Waals surface area contributed by atoms with Crippen molar-refractivity contribution in [2.24, 2.45) is 0 Å². The fourth-order valence-electron chi connectivity index (χ4n) is 2.33. The number of rotatable bonds is 3. The van der Waals surface area contributed by atoms with E-state index in [1.54, 1.807) is 0 Å². The summed E-state index contributed by atoms with van der Waals surface area (Å²) in [5.41, 5.74) is 1.09. The Labute approximate surface area is 118 Å². The van der Waals surface area contributed by atoms with Gasteiger partial charge in [0, 0.05) is 11.7 Å². The van der Waals surface area contributed by atoms with Crippen molar-refractivity contribution in [2.75, 3.05) is 4.90 Å². The lowest BCUT2D eigenvalue weighted by Gasteiger charge is -2.26. The smallest absolute Gasteiger partial charge is 0.233 e. The molecular weight excluding hydrogens is 248 g/mol. The fourth-order valence-corrected chi connectivity index (χ4v) is 2.33. The number of fused-ring (bicyclic) bond motifs is 1. The zero-order valence-electron chi connectivity index (χ0n) is 11.6. The quantitative estimate of drug-likeness (QED) is 0.725. The Bertz CT molecular complexity index is 710. The maximum absolute atomic E-state index is 4.26. The van der Waals surface area contributed by atoms with Gasteiger partial charge >= 0.3 is 0 Å². The number of nitrogens with zero attached hydrogens (tertiary/aromatic N) is 4. The fraction of sp³-hybridized carbons (Fsp3) is 0.188. The van der Waals surface area contributed by atoms with Crippen LogP contribution < -0.4 is 4.90 Å². The monoisotopic (exact) mass is 264 g/mol. The van der Waals surface area contributed by atoms with Crippen LogP contribution in [0.5, 0.6) is 0 Å². The molecule has 0 unspecified atom stereocenters. The van der Waals surface area contributed by atoms with Gasteiger partial charge in [0.25, 0.3) is 0 Å². The van der Waals surface area contributed by atoms with E-state index in [9.17, 15) is 0 Å². The van der Waals surface area contributed by atoms with Crippen LogP contribution in [-0.2, 0) is 0 Å². The summed E-state index contributed by atoms with van der Waals surface area (Å²) >= 11 is 0. The number of hydrogen-bond acceptors (Lipinski definition) is 4. The average Bonchev–Trinajstić information content (AvgIpc) is 2.48. The summed E-state index contributed by atoms with van der Waals surface area (Å²) in [7, 11) is 0. The van der Waals surface area contributed by atoms with Crippen LogP contribution in [-0.4, -0.2) is 21.0 Å². The molecule has 2 aromatic carbocycles. The van der Waals surface area contributed by atoms with Crippen molar-refractivity contribution in [1.82, 2.24) is 15.0 Å². The molecule has 0 spiro atoms. The van der Waals surface area contributed by atoms with Crippen LogP contribution in [0.2, 0.25) is 0 Å². The molecule has 0 aliphatic heterocycles. The van der Waals surface area contributed by atoms with Crippen molar-refractivity contribution in [3.63, 3.8) is 0 Å². The van der Waals surface area contributed by atoms with Gasteiger partial charge in [-0.25, -0.2) is 15.0 Å². The number of aromatic nitrogens is 3. The predicted octanol–water partition coefficient (Wildman–Crippen LogP) is 3.57. The Morgan fingerprint density at radius 3 is 2.30 bits per heavy atom. The molecule has 100 valence electrons. The lowest BCUT2D eigenvalue weighted by Crippen LogP contribution is -2.27. The topological polar surface area (TPSA) is 41.9 Å². The molecule has 0 atom stereocenters. The van der Waals surface area contributed by atoms with Crippen molar-refractivity contribution in [2.45, 2.75) is 19.9 Å². The highest BCUT2D eigenvalue weighted by Gasteiger charge is 2.15. The molecule has 1 heterocycles. The Hall–Kier alpha value is -2.49. The molecule has 0 aliphatic carbocycles. The van der Waals surface area contributed by atoms with Crippen molar-refractivity contribution in [3.8, 4) is 0 Å². The number of anilines is 2. The third kappa shape index (κ3) is 2.32. The average molecular weight is 264 g/mol. The Kier molecular flexibility index (Phi) is 3.29. The molecule has 3 rings (SSSR count). The lowest BCUT2D eigenvalue weighted by molar-refractivity contribution is 0.758. The first-order chi connectivity index (χ1) is 9.75. The summed E-state index contributed by atoms with van der Waals surface area (Å²) < 4.78 is 0. The first-order valence-electron chi connectivity index (χ1n) is 6.66. The van der Waals surface area contributed by atoms with Gasteiger partial charge in [-0.15, -0.1) is 0 Å². The molecule has 0 aliphatic rings. The molecule has 0 N–H and O–H groups in total. The molecule has 0 radical (unpaired) electrons. The molecule has 4 nitrogen and oxygen atoms in total. The van der Waals surface area contributed by atoms with E-state index >= 15 is 0 Å². The summed E-state index contributed by atoms with van der Waals surface area (Å²) in [6.45, 7) is 4.25. The minimum atomic E-state index is 0.263. The summed E-state index contributed by atoms with van der Waals surface area (Å²) in [4.78, 5) is 14.5. The standard InChI is InChI=1S/C16H16N4/c1-12(2)20(16-18-10-17-11-19-16)15-8-7-13-5-3-4-6-14(13)9-15/h3-12H,1-2H3. The van der Waals surface area contributed by atoms with E-state index in [2.05, 4.69) is 70.1 Å². The van der Waals surface area contributed by atoms with Crippen LogP contribution in [0.25, 0.3) is 10.8 Å². The van der Waals surface area contributed by atoms with Crippen molar-refractivity contribution < 1.29 is 0 Å². The van der Waals surface area contributed by atoms with Crippen LogP contribution in [0.4, 0.5) is 11.6 Å². The molecule has 3 aromatic rings. The third-order valence-corrected chi connectivity index (χ3v) is 3.22. The number of benzene rings is 2. The second-order valence-electron chi connectivity index (χ2n) is 4.93. The molecule has 0 amide bonds. The molecule has 0 saturated heterocycles. The van der Waals surface area contributed by atoms with Gasteiger partial charge in [0.05, 0.1) is 0 Å². The summed E-state index contributed by atoms with van der Waals surface area (Å²) in [5.74, 6) is 0.672.